The fourth-order valence-corrected chi connectivity index (χ4v) is 2.09. The highest BCUT2D eigenvalue weighted by Gasteiger charge is 2.20. The molecule has 4 heteroatoms. The van der Waals surface area contributed by atoms with Gasteiger partial charge in [0.15, 0.2) is 0 Å². The highest BCUT2D eigenvalue weighted by Crippen LogP contribution is 2.19. The van der Waals surface area contributed by atoms with Gasteiger partial charge in [-0.25, -0.2) is 0 Å². The highest BCUT2D eigenvalue weighted by atomic mass is 16.2. The predicted octanol–water partition coefficient (Wildman–Crippen LogP) is 1.08. The number of piperazine rings is 1. The highest BCUT2D eigenvalue weighted by molar-refractivity contribution is 5.99. The molecular weight excluding hydrogens is 214 g/mol. The summed E-state index contributed by atoms with van der Waals surface area (Å²) in [5.74, 6) is 0.125. The van der Waals surface area contributed by atoms with Gasteiger partial charge in [0, 0.05) is 38.9 Å². The third-order valence-electron chi connectivity index (χ3n) is 3.08. The number of rotatable bonds is 2. The van der Waals surface area contributed by atoms with E-state index >= 15 is 0 Å². The van der Waals surface area contributed by atoms with E-state index in [2.05, 4.69) is 10.6 Å². The second-order valence-electron chi connectivity index (χ2n) is 4.34. The number of anilines is 1. The Bertz CT molecular complexity index is 411. The first-order valence-corrected chi connectivity index (χ1v) is 6.01. The fraction of sp³-hybridized carbons (Fsp3) is 0.462. The van der Waals surface area contributed by atoms with Crippen LogP contribution in [0.3, 0.4) is 0 Å². The van der Waals surface area contributed by atoms with Gasteiger partial charge in [0.1, 0.15) is 0 Å². The summed E-state index contributed by atoms with van der Waals surface area (Å²) in [7, 11) is 1.85. The number of nitrogens with zero attached hydrogens (tertiary/aromatic N) is 1. The maximum atomic E-state index is 12.4. The van der Waals surface area contributed by atoms with Crippen LogP contribution in [0.2, 0.25) is 0 Å². The summed E-state index contributed by atoms with van der Waals surface area (Å²) in [6, 6.07) is 5.93. The minimum absolute atomic E-state index is 0.125. The molecule has 1 aliphatic heterocycles. The molecule has 1 saturated heterocycles. The summed E-state index contributed by atoms with van der Waals surface area (Å²) < 4.78 is 0. The number of carbonyl (C=O) groups is 1. The standard InChI is InChI=1S/C13H19N3O/c1-10-3-4-12(14-2)11(9-10)13(17)16-7-5-15-6-8-16/h3-4,9,14-15H,5-8H2,1-2H3. The zero-order chi connectivity index (χ0) is 12.3. The average Bonchev–Trinajstić information content (AvgIpc) is 2.39. The molecule has 0 unspecified atom stereocenters. The van der Waals surface area contributed by atoms with Crippen LogP contribution >= 0.6 is 0 Å². The van der Waals surface area contributed by atoms with E-state index in [1.807, 2.05) is 37.1 Å². The molecule has 0 radical (unpaired) electrons. The minimum Gasteiger partial charge on any atom is -0.387 e. The quantitative estimate of drug-likeness (QED) is 0.803. The number of aryl methyl sites for hydroxylation is 1. The zero-order valence-corrected chi connectivity index (χ0v) is 10.4. The average molecular weight is 233 g/mol. The molecule has 1 fully saturated rings. The van der Waals surface area contributed by atoms with Crippen LogP contribution in [0.5, 0.6) is 0 Å². The largest absolute Gasteiger partial charge is 0.387 e. The normalized spacial score (nSPS) is 15.8. The first-order chi connectivity index (χ1) is 8.22. The van der Waals surface area contributed by atoms with Gasteiger partial charge in [-0.2, -0.15) is 0 Å². The van der Waals surface area contributed by atoms with Gasteiger partial charge >= 0.3 is 0 Å². The minimum atomic E-state index is 0.125. The summed E-state index contributed by atoms with van der Waals surface area (Å²) in [5, 5.41) is 6.33. The number of amides is 1. The Morgan fingerprint density at radius 3 is 2.71 bits per heavy atom. The molecule has 0 atom stereocenters. The van der Waals surface area contributed by atoms with Gasteiger partial charge in [-0.05, 0) is 19.1 Å². The van der Waals surface area contributed by atoms with Gasteiger partial charge in [0.05, 0.1) is 5.56 Å². The van der Waals surface area contributed by atoms with Crippen molar-refractivity contribution in [2.45, 2.75) is 6.92 Å². The lowest BCUT2D eigenvalue weighted by atomic mass is 10.1. The molecule has 2 rings (SSSR count). The summed E-state index contributed by atoms with van der Waals surface area (Å²) in [6.45, 7) is 5.35. The first kappa shape index (κ1) is 11.9. The molecule has 4 nitrogen and oxygen atoms in total. The van der Waals surface area contributed by atoms with Crippen LogP contribution in [0.1, 0.15) is 15.9 Å². The third-order valence-corrected chi connectivity index (χ3v) is 3.08. The molecule has 0 saturated carbocycles. The summed E-state index contributed by atoms with van der Waals surface area (Å²) in [4.78, 5) is 14.3. The number of hydrogen-bond acceptors (Lipinski definition) is 3. The molecule has 17 heavy (non-hydrogen) atoms. The van der Waals surface area contributed by atoms with E-state index in [-0.39, 0.29) is 5.91 Å². The summed E-state index contributed by atoms with van der Waals surface area (Å²) in [5.41, 5.74) is 2.79. The molecule has 1 aromatic rings. The van der Waals surface area contributed by atoms with Crippen molar-refractivity contribution in [1.29, 1.82) is 0 Å². The van der Waals surface area contributed by atoms with Crippen LogP contribution in [0.4, 0.5) is 5.69 Å². The second kappa shape index (κ2) is 5.19. The van der Waals surface area contributed by atoms with Crippen molar-refractivity contribution in [3.63, 3.8) is 0 Å². The van der Waals surface area contributed by atoms with Crippen LogP contribution in [0.15, 0.2) is 18.2 Å². The Morgan fingerprint density at radius 2 is 2.06 bits per heavy atom. The van der Waals surface area contributed by atoms with Crippen LogP contribution in [0.25, 0.3) is 0 Å². The Balaban J connectivity index is 2.25. The SMILES string of the molecule is CNc1ccc(C)cc1C(=O)N1CCNCC1. The maximum Gasteiger partial charge on any atom is 0.256 e. The Hall–Kier alpha value is -1.55. The van der Waals surface area contributed by atoms with Gasteiger partial charge < -0.3 is 15.5 Å². The Morgan fingerprint density at radius 1 is 1.35 bits per heavy atom. The van der Waals surface area contributed by atoms with Gasteiger partial charge in [0.25, 0.3) is 5.91 Å². The van der Waals surface area contributed by atoms with Gasteiger partial charge in [-0.15, -0.1) is 0 Å². The lowest BCUT2D eigenvalue weighted by molar-refractivity contribution is 0.0736. The lowest BCUT2D eigenvalue weighted by Gasteiger charge is -2.28. The molecule has 0 aromatic heterocycles. The maximum absolute atomic E-state index is 12.4. The topological polar surface area (TPSA) is 44.4 Å². The number of carbonyl (C=O) groups excluding carboxylic acids is 1. The molecule has 1 aliphatic rings. The molecule has 0 spiro atoms. The van der Waals surface area contributed by atoms with Crippen molar-refractivity contribution in [3.05, 3.63) is 29.3 Å². The van der Waals surface area contributed by atoms with Crippen molar-refractivity contribution in [2.75, 3.05) is 38.5 Å². The number of hydrogen-bond donors (Lipinski definition) is 2. The predicted molar refractivity (Wildman–Crippen MR) is 69.5 cm³/mol. The fourth-order valence-electron chi connectivity index (χ4n) is 2.09. The van der Waals surface area contributed by atoms with E-state index in [1.165, 1.54) is 0 Å². The smallest absolute Gasteiger partial charge is 0.256 e. The van der Waals surface area contributed by atoms with Gasteiger partial charge in [-0.3, -0.25) is 4.79 Å². The van der Waals surface area contributed by atoms with Crippen molar-refractivity contribution >= 4 is 11.6 Å². The van der Waals surface area contributed by atoms with Crippen molar-refractivity contribution < 1.29 is 4.79 Å². The number of benzene rings is 1. The zero-order valence-electron chi connectivity index (χ0n) is 10.4. The Labute approximate surface area is 102 Å². The first-order valence-electron chi connectivity index (χ1n) is 6.01. The second-order valence-corrected chi connectivity index (χ2v) is 4.34. The van der Waals surface area contributed by atoms with Gasteiger partial charge in [-0.1, -0.05) is 11.6 Å². The van der Waals surface area contributed by atoms with Crippen molar-refractivity contribution in [1.82, 2.24) is 10.2 Å². The van der Waals surface area contributed by atoms with Crippen LogP contribution < -0.4 is 10.6 Å². The van der Waals surface area contributed by atoms with Crippen LogP contribution in [-0.4, -0.2) is 44.0 Å². The van der Waals surface area contributed by atoms with Crippen molar-refractivity contribution in [3.8, 4) is 0 Å². The van der Waals surface area contributed by atoms with E-state index in [0.717, 1.165) is 43.0 Å². The van der Waals surface area contributed by atoms with E-state index < -0.39 is 0 Å². The van der Waals surface area contributed by atoms with E-state index in [9.17, 15) is 4.79 Å². The van der Waals surface area contributed by atoms with Crippen molar-refractivity contribution in [2.24, 2.45) is 0 Å². The molecule has 0 bridgehead atoms. The van der Waals surface area contributed by atoms with E-state index in [4.69, 9.17) is 0 Å². The lowest BCUT2D eigenvalue weighted by Crippen LogP contribution is -2.46. The molecule has 92 valence electrons. The van der Waals surface area contributed by atoms with E-state index in [1.54, 1.807) is 0 Å². The molecule has 0 aliphatic carbocycles. The summed E-state index contributed by atoms with van der Waals surface area (Å²) in [6.07, 6.45) is 0. The van der Waals surface area contributed by atoms with E-state index in [0.29, 0.717) is 0 Å². The van der Waals surface area contributed by atoms with Crippen LogP contribution in [0, 0.1) is 6.92 Å². The summed E-state index contributed by atoms with van der Waals surface area (Å²) >= 11 is 0. The molecule has 1 aromatic carbocycles. The number of nitrogens with one attached hydrogen (secondary N) is 2. The molecular formula is C13H19N3O. The van der Waals surface area contributed by atoms with Crippen LogP contribution in [-0.2, 0) is 0 Å². The van der Waals surface area contributed by atoms with Gasteiger partial charge in [0.2, 0.25) is 0 Å². The monoisotopic (exact) mass is 233 g/mol. The Kier molecular flexibility index (Phi) is 3.64. The third kappa shape index (κ3) is 2.58. The molecule has 1 amide bonds. The molecule has 1 heterocycles. The molecule has 2 N–H and O–H groups in total.